The molecule has 0 N–H and O–H groups in total. The van der Waals surface area contributed by atoms with E-state index in [1.54, 1.807) is 39.8 Å². The highest BCUT2D eigenvalue weighted by molar-refractivity contribution is 5.83. The van der Waals surface area contributed by atoms with Gasteiger partial charge in [-0.15, -0.1) is 0 Å². The Kier molecular flexibility index (Phi) is 6.81. The Morgan fingerprint density at radius 3 is 2.44 bits per heavy atom. The van der Waals surface area contributed by atoms with Crippen molar-refractivity contribution in [3.8, 4) is 5.75 Å². The molecule has 0 aliphatic carbocycles. The van der Waals surface area contributed by atoms with Gasteiger partial charge in [-0.05, 0) is 45.4 Å². The second-order valence-corrected chi connectivity index (χ2v) is 5.75. The Bertz CT molecular complexity index is 883. The lowest BCUT2D eigenvalue weighted by atomic mass is 10.0. The highest BCUT2D eigenvalue weighted by Crippen LogP contribution is 2.25. The normalized spacial score (nSPS) is 11.7. The number of fused-ring (bicyclic) bond motifs is 1. The highest BCUT2D eigenvalue weighted by Gasteiger charge is 2.18. The number of ether oxygens (including phenoxy) is 4. The fourth-order valence-electron chi connectivity index (χ4n) is 2.56. The molecular weight excluding hydrogens is 356 g/mol. The molecule has 146 valence electrons. The van der Waals surface area contributed by atoms with Crippen molar-refractivity contribution in [1.29, 1.82) is 0 Å². The Balaban J connectivity index is 2.26. The molecule has 0 aliphatic heterocycles. The summed E-state index contributed by atoms with van der Waals surface area (Å²) in [6.07, 6.45) is -2.00. The molecule has 0 saturated heterocycles. The van der Waals surface area contributed by atoms with Crippen LogP contribution in [0.5, 0.6) is 5.75 Å². The van der Waals surface area contributed by atoms with Gasteiger partial charge in [-0.2, -0.15) is 0 Å². The first-order chi connectivity index (χ1) is 12.8. The number of benzene rings is 1. The van der Waals surface area contributed by atoms with Gasteiger partial charge in [0.1, 0.15) is 17.4 Å². The van der Waals surface area contributed by atoms with Crippen LogP contribution in [0.25, 0.3) is 11.0 Å². The van der Waals surface area contributed by atoms with E-state index in [9.17, 15) is 14.4 Å². The van der Waals surface area contributed by atoms with Gasteiger partial charge >= 0.3 is 17.9 Å². The largest absolute Gasteiger partial charge is 0.513 e. The Morgan fingerprint density at radius 1 is 1.11 bits per heavy atom. The number of rotatable bonds is 6. The lowest BCUT2D eigenvalue weighted by molar-refractivity contribution is 0.0321. The molecule has 0 saturated carbocycles. The van der Waals surface area contributed by atoms with Gasteiger partial charge in [-0.25, -0.2) is 14.4 Å². The Labute approximate surface area is 156 Å². The van der Waals surface area contributed by atoms with Crippen LogP contribution in [-0.4, -0.2) is 31.6 Å². The van der Waals surface area contributed by atoms with Crippen molar-refractivity contribution >= 4 is 23.3 Å². The minimum absolute atomic E-state index is 0.185. The third-order valence-electron chi connectivity index (χ3n) is 3.77. The average Bonchev–Trinajstić information content (AvgIpc) is 2.58. The highest BCUT2D eigenvalue weighted by atomic mass is 16.7. The van der Waals surface area contributed by atoms with E-state index in [2.05, 4.69) is 0 Å². The number of aryl methyl sites for hydroxylation is 1. The van der Waals surface area contributed by atoms with Crippen LogP contribution < -0.4 is 10.4 Å². The molecule has 0 spiro atoms. The molecule has 2 rings (SSSR count). The summed E-state index contributed by atoms with van der Waals surface area (Å²) < 4.78 is 24.9. The third-order valence-corrected chi connectivity index (χ3v) is 3.77. The van der Waals surface area contributed by atoms with Gasteiger partial charge < -0.3 is 23.4 Å². The molecular formula is C19H22O8. The lowest BCUT2D eigenvalue weighted by Crippen LogP contribution is -2.22. The second-order valence-electron chi connectivity index (χ2n) is 5.75. The van der Waals surface area contributed by atoms with Crippen molar-refractivity contribution in [2.75, 3.05) is 13.2 Å². The third kappa shape index (κ3) is 5.22. The van der Waals surface area contributed by atoms with Gasteiger partial charge in [0, 0.05) is 23.4 Å². The van der Waals surface area contributed by atoms with E-state index in [0.29, 0.717) is 16.5 Å². The standard InChI is InChI=1S/C19H22O8/c1-5-23-18(21)25-11(3)9-15-12(4)14-8-7-13(26-19(22)24-6-2)10-16(14)27-17(15)20/h7-8,10-11H,5-6,9H2,1-4H3. The number of carbonyl (C=O) groups is 2. The number of hydrogen-bond donors (Lipinski definition) is 0. The molecule has 0 aliphatic rings. The van der Waals surface area contributed by atoms with Crippen LogP contribution in [0.15, 0.2) is 27.4 Å². The first kappa shape index (κ1) is 20.3. The zero-order chi connectivity index (χ0) is 20.0. The van der Waals surface area contributed by atoms with Crippen molar-refractivity contribution in [2.45, 2.75) is 40.2 Å². The van der Waals surface area contributed by atoms with Crippen molar-refractivity contribution in [3.05, 3.63) is 39.7 Å². The van der Waals surface area contributed by atoms with Gasteiger partial charge in [0.2, 0.25) is 0 Å². The molecule has 1 atom stereocenters. The molecule has 0 fully saturated rings. The zero-order valence-corrected chi connectivity index (χ0v) is 15.7. The quantitative estimate of drug-likeness (QED) is 0.426. The van der Waals surface area contributed by atoms with Crippen molar-refractivity contribution in [1.82, 2.24) is 0 Å². The summed E-state index contributed by atoms with van der Waals surface area (Å²) in [6.45, 7) is 7.18. The van der Waals surface area contributed by atoms with Crippen LogP contribution >= 0.6 is 0 Å². The summed E-state index contributed by atoms with van der Waals surface area (Å²) in [7, 11) is 0. The van der Waals surface area contributed by atoms with E-state index < -0.39 is 24.0 Å². The Morgan fingerprint density at radius 2 is 1.78 bits per heavy atom. The van der Waals surface area contributed by atoms with Gasteiger partial charge in [0.05, 0.1) is 13.2 Å². The van der Waals surface area contributed by atoms with Crippen LogP contribution in [0.3, 0.4) is 0 Å². The van der Waals surface area contributed by atoms with Crippen LogP contribution in [0.4, 0.5) is 9.59 Å². The van der Waals surface area contributed by atoms with E-state index in [4.69, 9.17) is 23.4 Å². The maximum atomic E-state index is 12.4. The summed E-state index contributed by atoms with van der Waals surface area (Å²) in [5.41, 5.74) is 0.830. The first-order valence-corrected chi connectivity index (χ1v) is 8.60. The average molecular weight is 378 g/mol. The molecule has 1 unspecified atom stereocenters. The molecule has 2 aromatic rings. The van der Waals surface area contributed by atoms with E-state index in [-0.39, 0.29) is 31.0 Å². The fourth-order valence-corrected chi connectivity index (χ4v) is 2.56. The lowest BCUT2D eigenvalue weighted by Gasteiger charge is -2.14. The maximum absolute atomic E-state index is 12.4. The van der Waals surface area contributed by atoms with Crippen LogP contribution in [0, 0.1) is 6.92 Å². The van der Waals surface area contributed by atoms with Crippen molar-refractivity contribution < 1.29 is 33.0 Å². The molecule has 8 nitrogen and oxygen atoms in total. The number of carbonyl (C=O) groups excluding carboxylic acids is 2. The molecule has 1 heterocycles. The van der Waals surface area contributed by atoms with E-state index >= 15 is 0 Å². The predicted octanol–water partition coefficient (Wildman–Crippen LogP) is 3.74. The summed E-state index contributed by atoms with van der Waals surface area (Å²) in [5.74, 6) is 0.204. The van der Waals surface area contributed by atoms with Crippen molar-refractivity contribution in [3.63, 3.8) is 0 Å². The summed E-state index contributed by atoms with van der Waals surface area (Å²) >= 11 is 0. The van der Waals surface area contributed by atoms with E-state index in [0.717, 1.165) is 0 Å². The van der Waals surface area contributed by atoms with E-state index in [1.807, 2.05) is 0 Å². The minimum Gasteiger partial charge on any atom is -0.435 e. The second kappa shape index (κ2) is 9.07. The van der Waals surface area contributed by atoms with E-state index in [1.165, 1.54) is 6.07 Å². The molecule has 8 heteroatoms. The molecule has 27 heavy (non-hydrogen) atoms. The van der Waals surface area contributed by atoms with Gasteiger partial charge in [-0.3, -0.25) is 0 Å². The predicted molar refractivity (Wildman–Crippen MR) is 96.1 cm³/mol. The summed E-state index contributed by atoms with van der Waals surface area (Å²) in [6, 6.07) is 4.71. The Hall–Kier alpha value is -3.03. The molecule has 1 aromatic heterocycles. The number of hydrogen-bond acceptors (Lipinski definition) is 8. The summed E-state index contributed by atoms with van der Waals surface area (Å²) in [5, 5.41) is 0.684. The SMILES string of the molecule is CCOC(=O)Oc1ccc2c(C)c(CC(C)OC(=O)OCC)c(=O)oc2c1. The smallest absolute Gasteiger partial charge is 0.435 e. The maximum Gasteiger partial charge on any atom is 0.513 e. The molecule has 0 bridgehead atoms. The summed E-state index contributed by atoms with van der Waals surface area (Å²) in [4.78, 5) is 35.2. The minimum atomic E-state index is -0.836. The van der Waals surface area contributed by atoms with Gasteiger partial charge in [-0.1, -0.05) is 0 Å². The zero-order valence-electron chi connectivity index (χ0n) is 15.7. The molecule has 1 aromatic carbocycles. The molecule has 0 radical (unpaired) electrons. The van der Waals surface area contributed by atoms with Crippen LogP contribution in [0.2, 0.25) is 0 Å². The van der Waals surface area contributed by atoms with Gasteiger partial charge in [0.25, 0.3) is 0 Å². The molecule has 0 amide bonds. The first-order valence-electron chi connectivity index (χ1n) is 8.60. The van der Waals surface area contributed by atoms with Crippen LogP contribution in [0.1, 0.15) is 31.9 Å². The topological polar surface area (TPSA) is 101 Å². The van der Waals surface area contributed by atoms with Crippen molar-refractivity contribution in [2.24, 2.45) is 0 Å². The monoisotopic (exact) mass is 378 g/mol. The fraction of sp³-hybridized carbons (Fsp3) is 0.421. The van der Waals surface area contributed by atoms with Crippen LogP contribution in [-0.2, 0) is 20.6 Å². The van der Waals surface area contributed by atoms with Gasteiger partial charge in [0.15, 0.2) is 0 Å².